The van der Waals surface area contributed by atoms with E-state index in [4.69, 9.17) is 11.6 Å². The number of hydrogen-bond donors (Lipinski definition) is 0. The van der Waals surface area contributed by atoms with E-state index in [1.165, 1.54) is 0 Å². The maximum atomic E-state index is 12.1. The summed E-state index contributed by atoms with van der Waals surface area (Å²) < 4.78 is 23.2. The second kappa shape index (κ2) is 5.51. The summed E-state index contributed by atoms with van der Waals surface area (Å²) in [5.41, 5.74) is 1.68. The average Bonchev–Trinajstić information content (AvgIpc) is 2.72. The number of benzene rings is 1. The van der Waals surface area contributed by atoms with E-state index in [2.05, 4.69) is 0 Å². The standard InChI is InChI=1S/C13H16ClNO3S/c1-10-4-2-3-5-12(10)15(13(16)8-14)11-6-7-19(17,18)9-11/h2-5,11H,6-9H2,1H3/t11-/m0/s1. The van der Waals surface area contributed by atoms with Gasteiger partial charge in [0.15, 0.2) is 9.84 Å². The number of sulfone groups is 1. The molecule has 0 N–H and O–H groups in total. The van der Waals surface area contributed by atoms with Crippen LogP contribution in [0.2, 0.25) is 0 Å². The highest BCUT2D eigenvalue weighted by atomic mass is 35.5. The van der Waals surface area contributed by atoms with E-state index in [0.717, 1.165) is 11.3 Å². The van der Waals surface area contributed by atoms with Crippen LogP contribution >= 0.6 is 11.6 Å². The Labute approximate surface area is 118 Å². The number of carbonyl (C=O) groups is 1. The number of nitrogens with zero attached hydrogens (tertiary/aromatic N) is 1. The second-order valence-corrected chi connectivity index (χ2v) is 7.24. The molecule has 2 rings (SSSR count). The third-order valence-electron chi connectivity index (χ3n) is 3.33. The quantitative estimate of drug-likeness (QED) is 0.799. The van der Waals surface area contributed by atoms with Gasteiger partial charge >= 0.3 is 0 Å². The van der Waals surface area contributed by atoms with E-state index >= 15 is 0 Å². The lowest BCUT2D eigenvalue weighted by molar-refractivity contribution is -0.116. The number of alkyl halides is 1. The Balaban J connectivity index is 2.38. The third-order valence-corrected chi connectivity index (χ3v) is 5.31. The van der Waals surface area contributed by atoms with Crippen molar-refractivity contribution in [2.75, 3.05) is 22.3 Å². The molecule has 0 unspecified atom stereocenters. The molecule has 0 aliphatic carbocycles. The van der Waals surface area contributed by atoms with Crippen molar-refractivity contribution in [2.24, 2.45) is 0 Å². The van der Waals surface area contributed by atoms with E-state index in [9.17, 15) is 13.2 Å². The van der Waals surface area contributed by atoms with Crippen LogP contribution in [0.25, 0.3) is 0 Å². The van der Waals surface area contributed by atoms with Gasteiger partial charge in [0.1, 0.15) is 5.88 Å². The van der Waals surface area contributed by atoms with Gasteiger partial charge in [-0.2, -0.15) is 0 Å². The number of anilines is 1. The monoisotopic (exact) mass is 301 g/mol. The molecule has 1 amide bonds. The summed E-state index contributed by atoms with van der Waals surface area (Å²) in [6.07, 6.45) is 0.472. The van der Waals surface area contributed by atoms with Crippen LogP contribution in [-0.2, 0) is 14.6 Å². The summed E-state index contributed by atoms with van der Waals surface area (Å²) in [4.78, 5) is 13.6. The summed E-state index contributed by atoms with van der Waals surface area (Å²) in [6.45, 7) is 1.90. The molecule has 0 spiro atoms. The third kappa shape index (κ3) is 3.09. The van der Waals surface area contributed by atoms with Crippen molar-refractivity contribution in [3.63, 3.8) is 0 Å². The molecule has 1 aliphatic rings. The molecule has 1 heterocycles. The Morgan fingerprint density at radius 2 is 2.11 bits per heavy atom. The van der Waals surface area contributed by atoms with Crippen LogP contribution in [0.1, 0.15) is 12.0 Å². The molecule has 1 aliphatic heterocycles. The summed E-state index contributed by atoms with van der Waals surface area (Å²) in [6, 6.07) is 7.13. The Bertz CT molecular complexity index is 585. The maximum absolute atomic E-state index is 12.1. The number of rotatable bonds is 3. The van der Waals surface area contributed by atoms with Gasteiger partial charge in [-0.3, -0.25) is 4.79 Å². The summed E-state index contributed by atoms with van der Waals surface area (Å²) >= 11 is 5.66. The molecule has 0 bridgehead atoms. The molecule has 19 heavy (non-hydrogen) atoms. The smallest absolute Gasteiger partial charge is 0.242 e. The zero-order valence-electron chi connectivity index (χ0n) is 10.7. The Kier molecular flexibility index (Phi) is 4.16. The number of amides is 1. The highest BCUT2D eigenvalue weighted by Crippen LogP contribution is 2.27. The minimum atomic E-state index is -3.04. The van der Waals surface area contributed by atoms with Gasteiger partial charge in [0.05, 0.1) is 17.5 Å². The molecular formula is C13H16ClNO3S. The van der Waals surface area contributed by atoms with Crippen LogP contribution in [0.3, 0.4) is 0 Å². The zero-order valence-corrected chi connectivity index (χ0v) is 12.2. The van der Waals surface area contributed by atoms with Gasteiger partial charge in [0.2, 0.25) is 5.91 Å². The summed E-state index contributed by atoms with van der Waals surface area (Å²) in [5, 5.41) is 0. The molecule has 1 fully saturated rings. The van der Waals surface area contributed by atoms with Gasteiger partial charge < -0.3 is 4.90 Å². The lowest BCUT2D eigenvalue weighted by Gasteiger charge is -2.29. The van der Waals surface area contributed by atoms with Crippen LogP contribution < -0.4 is 4.90 Å². The molecule has 0 aromatic heterocycles. The van der Waals surface area contributed by atoms with Gasteiger partial charge in [-0.05, 0) is 25.0 Å². The maximum Gasteiger partial charge on any atom is 0.242 e. The lowest BCUT2D eigenvalue weighted by Crippen LogP contribution is -2.42. The molecule has 0 radical (unpaired) electrons. The molecule has 1 atom stereocenters. The number of carbonyl (C=O) groups excluding carboxylic acids is 1. The van der Waals surface area contributed by atoms with Crippen molar-refractivity contribution in [1.82, 2.24) is 0 Å². The molecule has 1 saturated heterocycles. The van der Waals surface area contributed by atoms with E-state index in [1.54, 1.807) is 4.90 Å². The first-order valence-corrected chi connectivity index (χ1v) is 8.44. The summed E-state index contributed by atoms with van der Waals surface area (Å²) in [7, 11) is -3.04. The molecule has 0 saturated carbocycles. The Morgan fingerprint density at radius 3 is 2.63 bits per heavy atom. The van der Waals surface area contributed by atoms with Gasteiger partial charge in [0, 0.05) is 5.69 Å². The second-order valence-electron chi connectivity index (χ2n) is 4.74. The van der Waals surface area contributed by atoms with E-state index in [1.807, 2.05) is 31.2 Å². The number of hydrogen-bond acceptors (Lipinski definition) is 3. The fourth-order valence-corrected chi connectivity index (χ4v) is 4.24. The first-order valence-electron chi connectivity index (χ1n) is 6.08. The molecule has 4 nitrogen and oxygen atoms in total. The fourth-order valence-electron chi connectivity index (χ4n) is 2.41. The van der Waals surface area contributed by atoms with Gasteiger partial charge in [0.25, 0.3) is 0 Å². The largest absolute Gasteiger partial charge is 0.307 e. The number of halogens is 1. The van der Waals surface area contributed by atoms with Crippen molar-refractivity contribution in [3.8, 4) is 0 Å². The molecule has 6 heteroatoms. The van der Waals surface area contributed by atoms with Crippen LogP contribution in [0, 0.1) is 6.92 Å². The van der Waals surface area contributed by atoms with Crippen molar-refractivity contribution in [1.29, 1.82) is 0 Å². The molecule has 104 valence electrons. The summed E-state index contributed by atoms with van der Waals surface area (Å²) in [5.74, 6) is -0.247. The predicted octanol–water partition coefficient (Wildman–Crippen LogP) is 1.75. The molecular weight excluding hydrogens is 286 g/mol. The van der Waals surface area contributed by atoms with Crippen molar-refractivity contribution >= 4 is 33.0 Å². The minimum absolute atomic E-state index is 0.0178. The highest BCUT2D eigenvalue weighted by molar-refractivity contribution is 7.91. The van der Waals surface area contributed by atoms with Gasteiger partial charge in [-0.15, -0.1) is 11.6 Å². The Hall–Kier alpha value is -1.07. The van der Waals surface area contributed by atoms with Crippen LogP contribution in [0.15, 0.2) is 24.3 Å². The zero-order chi connectivity index (χ0) is 14.0. The first kappa shape index (κ1) is 14.3. The van der Waals surface area contributed by atoms with Gasteiger partial charge in [-0.25, -0.2) is 8.42 Å². The molecule has 1 aromatic carbocycles. The fraction of sp³-hybridized carbons (Fsp3) is 0.462. The van der Waals surface area contributed by atoms with Gasteiger partial charge in [-0.1, -0.05) is 18.2 Å². The SMILES string of the molecule is Cc1ccccc1N(C(=O)CCl)[C@H]1CCS(=O)(=O)C1. The average molecular weight is 302 g/mol. The number of aryl methyl sites for hydroxylation is 1. The van der Waals surface area contributed by atoms with Crippen LogP contribution in [-0.4, -0.2) is 37.8 Å². The van der Waals surface area contributed by atoms with Crippen molar-refractivity contribution in [3.05, 3.63) is 29.8 Å². The number of para-hydroxylation sites is 1. The normalized spacial score (nSPS) is 21.3. The lowest BCUT2D eigenvalue weighted by atomic mass is 10.1. The van der Waals surface area contributed by atoms with Crippen LogP contribution in [0.5, 0.6) is 0 Å². The van der Waals surface area contributed by atoms with Crippen molar-refractivity contribution in [2.45, 2.75) is 19.4 Å². The minimum Gasteiger partial charge on any atom is -0.307 e. The van der Waals surface area contributed by atoms with E-state index < -0.39 is 9.84 Å². The first-order chi connectivity index (χ1) is 8.94. The van der Waals surface area contributed by atoms with Crippen LogP contribution in [0.4, 0.5) is 5.69 Å². The predicted molar refractivity (Wildman–Crippen MR) is 76.4 cm³/mol. The van der Waals surface area contributed by atoms with E-state index in [0.29, 0.717) is 6.42 Å². The molecule has 1 aromatic rings. The van der Waals surface area contributed by atoms with Crippen molar-refractivity contribution < 1.29 is 13.2 Å². The topological polar surface area (TPSA) is 54.5 Å². The highest BCUT2D eigenvalue weighted by Gasteiger charge is 2.35. The van der Waals surface area contributed by atoms with E-state index in [-0.39, 0.29) is 29.3 Å². The Morgan fingerprint density at radius 1 is 1.42 bits per heavy atom.